The lowest BCUT2D eigenvalue weighted by atomic mass is 10.1. The number of benzene rings is 2. The molecule has 0 unspecified atom stereocenters. The Kier molecular flexibility index (Phi) is 5.91. The van der Waals surface area contributed by atoms with Gasteiger partial charge in [-0.05, 0) is 32.9 Å². The fourth-order valence-electron chi connectivity index (χ4n) is 3.32. The van der Waals surface area contributed by atoms with Crippen molar-refractivity contribution in [2.45, 2.75) is 32.9 Å². The molecule has 2 heterocycles. The number of carbonyl (C=O) groups excluding carboxylic acids is 2. The van der Waals surface area contributed by atoms with E-state index in [4.69, 9.17) is 4.74 Å². The molecule has 0 bridgehead atoms. The lowest BCUT2D eigenvalue weighted by Crippen LogP contribution is -2.32. The van der Waals surface area contributed by atoms with E-state index in [-0.39, 0.29) is 6.54 Å². The van der Waals surface area contributed by atoms with Crippen LogP contribution in [0.25, 0.3) is 28.2 Å². The predicted octanol–water partition coefficient (Wildman–Crippen LogP) is 5.04. The first-order chi connectivity index (χ1) is 15.7. The molecule has 0 fully saturated rings. The number of fused-ring (bicyclic) bond motifs is 1. The van der Waals surface area contributed by atoms with E-state index in [1.165, 1.54) is 6.07 Å². The lowest BCUT2D eigenvalue weighted by Gasteiger charge is -2.19. The fraction of sp³-hybridized carbons (Fsp3) is 0.200. The quantitative estimate of drug-likeness (QED) is 0.434. The van der Waals surface area contributed by atoms with Gasteiger partial charge in [0.1, 0.15) is 17.7 Å². The van der Waals surface area contributed by atoms with Crippen LogP contribution in [0.1, 0.15) is 36.7 Å². The van der Waals surface area contributed by atoms with Gasteiger partial charge in [0.15, 0.2) is 5.65 Å². The second-order valence-electron chi connectivity index (χ2n) is 8.53. The number of rotatable bonds is 5. The lowest BCUT2D eigenvalue weighted by molar-refractivity contribution is 0.0523. The van der Waals surface area contributed by atoms with E-state index in [1.54, 1.807) is 61.8 Å². The molecule has 8 heteroatoms. The van der Waals surface area contributed by atoms with Crippen molar-refractivity contribution < 1.29 is 18.7 Å². The minimum Gasteiger partial charge on any atom is -0.444 e. The highest BCUT2D eigenvalue weighted by Gasteiger charge is 2.17. The molecule has 4 rings (SSSR count). The van der Waals surface area contributed by atoms with Gasteiger partial charge in [0.2, 0.25) is 0 Å². The average Bonchev–Trinajstić information content (AvgIpc) is 3.21. The maximum atomic E-state index is 14.8. The van der Waals surface area contributed by atoms with E-state index in [2.05, 4.69) is 15.4 Å². The highest BCUT2D eigenvalue weighted by molar-refractivity contribution is 5.77. The van der Waals surface area contributed by atoms with Crippen LogP contribution in [0.5, 0.6) is 0 Å². The van der Waals surface area contributed by atoms with E-state index in [1.807, 2.05) is 18.2 Å². The first-order valence-electron chi connectivity index (χ1n) is 10.4. The van der Waals surface area contributed by atoms with E-state index < -0.39 is 17.5 Å². The first kappa shape index (κ1) is 22.1. The molecule has 0 saturated carbocycles. The minimum absolute atomic E-state index is 0.00941. The van der Waals surface area contributed by atoms with Crippen LogP contribution in [0.3, 0.4) is 0 Å². The molecule has 0 aliphatic heterocycles. The highest BCUT2D eigenvalue weighted by atomic mass is 19.1. The topological polar surface area (TPSA) is 85.6 Å². The van der Waals surface area contributed by atoms with Crippen molar-refractivity contribution in [2.75, 3.05) is 0 Å². The Bertz CT molecular complexity index is 1320. The first-order valence-corrected chi connectivity index (χ1v) is 10.4. The zero-order valence-corrected chi connectivity index (χ0v) is 18.5. The standard InChI is InChI=1S/C25H23FN4O3/c1-25(2,3)33-24(32)28-14-19-9-8-18(12-20(19)26)22-10-11-27-23-13-21(29-30(22)23)17-6-4-16(15-31)5-7-17/h4-13,15H,14H2,1-3H3,(H,28,32). The van der Waals surface area contributed by atoms with Crippen molar-refractivity contribution in [3.63, 3.8) is 0 Å². The molecule has 2 aromatic carbocycles. The minimum atomic E-state index is -0.627. The summed E-state index contributed by atoms with van der Waals surface area (Å²) in [5.74, 6) is -0.453. The number of hydrogen-bond donors (Lipinski definition) is 1. The van der Waals surface area contributed by atoms with E-state index in [9.17, 15) is 14.0 Å². The van der Waals surface area contributed by atoms with Gasteiger partial charge in [-0.15, -0.1) is 0 Å². The van der Waals surface area contributed by atoms with Crippen molar-refractivity contribution in [1.29, 1.82) is 0 Å². The summed E-state index contributed by atoms with van der Waals surface area (Å²) in [6.45, 7) is 5.30. The number of aldehydes is 1. The van der Waals surface area contributed by atoms with Crippen molar-refractivity contribution in [1.82, 2.24) is 19.9 Å². The average molecular weight is 446 g/mol. The Balaban J connectivity index is 1.59. The smallest absolute Gasteiger partial charge is 0.407 e. The van der Waals surface area contributed by atoms with Gasteiger partial charge in [0.05, 0.1) is 11.4 Å². The molecule has 0 aliphatic carbocycles. The van der Waals surface area contributed by atoms with Crippen LogP contribution in [0, 0.1) is 5.82 Å². The Morgan fingerprint density at radius 3 is 2.48 bits per heavy atom. The molecule has 0 atom stereocenters. The Morgan fingerprint density at radius 2 is 1.82 bits per heavy atom. The normalized spacial score (nSPS) is 11.4. The predicted molar refractivity (Wildman–Crippen MR) is 122 cm³/mol. The van der Waals surface area contributed by atoms with Crippen LogP contribution in [-0.4, -0.2) is 32.6 Å². The molecule has 0 radical (unpaired) electrons. The molecule has 1 amide bonds. The van der Waals surface area contributed by atoms with Gasteiger partial charge in [-0.2, -0.15) is 5.10 Å². The molecular formula is C25H23FN4O3. The number of carbonyl (C=O) groups is 2. The number of nitrogens with one attached hydrogen (secondary N) is 1. The molecule has 0 spiro atoms. The summed E-state index contributed by atoms with van der Waals surface area (Å²) < 4.78 is 21.6. The van der Waals surface area contributed by atoms with Crippen molar-refractivity contribution in [3.8, 4) is 22.5 Å². The van der Waals surface area contributed by atoms with Crippen LogP contribution in [0.15, 0.2) is 60.8 Å². The number of ether oxygens (including phenoxy) is 1. The van der Waals surface area contributed by atoms with E-state index in [0.717, 1.165) is 11.8 Å². The van der Waals surface area contributed by atoms with Crippen LogP contribution < -0.4 is 5.32 Å². The van der Waals surface area contributed by atoms with Crippen molar-refractivity contribution >= 4 is 18.0 Å². The Morgan fingerprint density at radius 1 is 1.09 bits per heavy atom. The second kappa shape index (κ2) is 8.82. The summed E-state index contributed by atoms with van der Waals surface area (Å²) in [7, 11) is 0. The Hall–Kier alpha value is -4.07. The van der Waals surface area contributed by atoms with Crippen LogP contribution >= 0.6 is 0 Å². The second-order valence-corrected chi connectivity index (χ2v) is 8.53. The summed E-state index contributed by atoms with van der Waals surface area (Å²) >= 11 is 0. The molecule has 1 N–H and O–H groups in total. The Labute approximate surface area is 190 Å². The molecule has 168 valence electrons. The van der Waals surface area contributed by atoms with Gasteiger partial charge < -0.3 is 10.1 Å². The molecule has 0 saturated heterocycles. The SMILES string of the molecule is CC(C)(C)OC(=O)NCc1ccc(-c2ccnc3cc(-c4ccc(C=O)cc4)nn23)cc1F. The third kappa shape index (κ3) is 5.06. The summed E-state index contributed by atoms with van der Waals surface area (Å²) in [5.41, 5.74) is 3.71. The molecule has 0 aliphatic rings. The number of nitrogens with zero attached hydrogens (tertiary/aromatic N) is 3. The van der Waals surface area contributed by atoms with Gasteiger partial charge in [0.25, 0.3) is 0 Å². The summed E-state index contributed by atoms with van der Waals surface area (Å²) in [4.78, 5) is 27.1. The molecular weight excluding hydrogens is 423 g/mol. The molecule has 33 heavy (non-hydrogen) atoms. The van der Waals surface area contributed by atoms with Gasteiger partial charge in [-0.25, -0.2) is 18.7 Å². The van der Waals surface area contributed by atoms with Gasteiger partial charge in [-0.1, -0.05) is 36.4 Å². The largest absolute Gasteiger partial charge is 0.444 e. The monoisotopic (exact) mass is 446 g/mol. The highest BCUT2D eigenvalue weighted by Crippen LogP contribution is 2.25. The third-order valence-electron chi connectivity index (χ3n) is 4.87. The maximum absolute atomic E-state index is 14.8. The number of alkyl carbamates (subject to hydrolysis) is 1. The van der Waals surface area contributed by atoms with Gasteiger partial charge >= 0.3 is 6.09 Å². The maximum Gasteiger partial charge on any atom is 0.407 e. The number of aromatic nitrogens is 3. The zero-order valence-electron chi connectivity index (χ0n) is 18.5. The zero-order chi connectivity index (χ0) is 23.6. The van der Waals surface area contributed by atoms with E-state index in [0.29, 0.717) is 33.7 Å². The molecule has 2 aromatic heterocycles. The van der Waals surface area contributed by atoms with Crippen LogP contribution in [-0.2, 0) is 11.3 Å². The van der Waals surface area contributed by atoms with E-state index >= 15 is 0 Å². The fourth-order valence-corrected chi connectivity index (χ4v) is 3.32. The number of hydrogen-bond acceptors (Lipinski definition) is 5. The third-order valence-corrected chi connectivity index (χ3v) is 4.87. The van der Waals surface area contributed by atoms with Crippen molar-refractivity contribution in [2.24, 2.45) is 0 Å². The van der Waals surface area contributed by atoms with Crippen molar-refractivity contribution in [3.05, 3.63) is 77.7 Å². The summed E-state index contributed by atoms with van der Waals surface area (Å²) in [6.07, 6.45) is 1.82. The number of halogens is 1. The van der Waals surface area contributed by atoms with Gasteiger partial charge in [0, 0.05) is 41.1 Å². The summed E-state index contributed by atoms with van der Waals surface area (Å²) in [5, 5.41) is 7.19. The molecule has 7 nitrogen and oxygen atoms in total. The van der Waals surface area contributed by atoms with Gasteiger partial charge in [-0.3, -0.25) is 4.79 Å². The van der Waals surface area contributed by atoms with Crippen LogP contribution in [0.4, 0.5) is 9.18 Å². The molecule has 4 aromatic rings. The summed E-state index contributed by atoms with van der Waals surface area (Å²) in [6, 6.07) is 15.5. The van der Waals surface area contributed by atoms with Crippen LogP contribution in [0.2, 0.25) is 0 Å². The number of amides is 1.